The fourth-order valence-electron chi connectivity index (χ4n) is 1.94. The maximum absolute atomic E-state index is 13.5. The highest BCUT2D eigenvalue weighted by Crippen LogP contribution is 2.26. The quantitative estimate of drug-likeness (QED) is 0.778. The molecule has 0 radical (unpaired) electrons. The molecule has 0 saturated carbocycles. The highest BCUT2D eigenvalue weighted by molar-refractivity contribution is 9.10. The maximum atomic E-state index is 13.5. The number of aromatic nitrogens is 3. The predicted molar refractivity (Wildman–Crippen MR) is 77.8 cm³/mol. The summed E-state index contributed by atoms with van der Waals surface area (Å²) in [4.78, 5) is 9.48. The summed E-state index contributed by atoms with van der Waals surface area (Å²) in [5.74, 6) is 0.0318. The second kappa shape index (κ2) is 4.57. The molecule has 0 aliphatic carbocycles. The summed E-state index contributed by atoms with van der Waals surface area (Å²) in [5, 5.41) is 1.00. The van der Waals surface area contributed by atoms with Crippen LogP contribution in [-0.2, 0) is 6.54 Å². The van der Waals surface area contributed by atoms with E-state index in [0.717, 1.165) is 15.4 Å². The van der Waals surface area contributed by atoms with E-state index in [0.29, 0.717) is 22.5 Å². The van der Waals surface area contributed by atoms with E-state index in [1.54, 1.807) is 17.4 Å². The fourth-order valence-corrected chi connectivity index (χ4v) is 3.05. The number of fused-ring (bicyclic) bond motifs is 1. The number of nitrogens with zero attached hydrogens (tertiary/aromatic N) is 3. The van der Waals surface area contributed by atoms with Gasteiger partial charge in [0.25, 0.3) is 0 Å². The lowest BCUT2D eigenvalue weighted by Crippen LogP contribution is -2.03. The van der Waals surface area contributed by atoms with Crippen molar-refractivity contribution in [1.29, 1.82) is 0 Å². The van der Waals surface area contributed by atoms with Crippen molar-refractivity contribution in [2.24, 2.45) is 0 Å². The SMILES string of the molecule is Cc1ncc(Cn2c(N)nc3cc(F)c(Br)cc32)s1. The first kappa shape index (κ1) is 12.6. The van der Waals surface area contributed by atoms with E-state index < -0.39 is 0 Å². The number of anilines is 1. The average molecular weight is 341 g/mol. The number of halogens is 2. The van der Waals surface area contributed by atoms with E-state index in [-0.39, 0.29) is 5.82 Å². The molecule has 0 unspecified atom stereocenters. The van der Waals surface area contributed by atoms with Gasteiger partial charge in [0, 0.05) is 17.1 Å². The lowest BCUT2D eigenvalue weighted by atomic mass is 10.3. The lowest BCUT2D eigenvalue weighted by Gasteiger charge is -2.04. The molecule has 2 aromatic heterocycles. The Morgan fingerprint density at radius 1 is 1.47 bits per heavy atom. The van der Waals surface area contributed by atoms with Crippen LogP contribution in [0.3, 0.4) is 0 Å². The summed E-state index contributed by atoms with van der Waals surface area (Å²) in [6.07, 6.45) is 1.82. The molecular formula is C12H10BrFN4S. The monoisotopic (exact) mass is 340 g/mol. The van der Waals surface area contributed by atoms with Crippen molar-refractivity contribution >= 4 is 44.2 Å². The Labute approximate surface area is 121 Å². The van der Waals surface area contributed by atoms with E-state index in [1.165, 1.54) is 6.07 Å². The molecule has 3 rings (SSSR count). The lowest BCUT2D eigenvalue weighted by molar-refractivity contribution is 0.622. The zero-order valence-corrected chi connectivity index (χ0v) is 12.4. The molecule has 2 heterocycles. The molecule has 1 aromatic carbocycles. The number of imidazole rings is 1. The van der Waals surface area contributed by atoms with E-state index >= 15 is 0 Å². The largest absolute Gasteiger partial charge is 0.369 e. The van der Waals surface area contributed by atoms with Crippen molar-refractivity contribution in [2.75, 3.05) is 5.73 Å². The van der Waals surface area contributed by atoms with Crippen LogP contribution >= 0.6 is 27.3 Å². The summed E-state index contributed by atoms with van der Waals surface area (Å²) in [7, 11) is 0. The number of rotatable bonds is 2. The zero-order chi connectivity index (χ0) is 13.6. The van der Waals surface area contributed by atoms with Crippen LogP contribution in [0, 0.1) is 12.7 Å². The molecular weight excluding hydrogens is 331 g/mol. The molecule has 0 aliphatic heterocycles. The number of hydrogen-bond acceptors (Lipinski definition) is 4. The van der Waals surface area contributed by atoms with Gasteiger partial charge in [0.15, 0.2) is 0 Å². The molecule has 7 heteroatoms. The van der Waals surface area contributed by atoms with E-state index in [2.05, 4.69) is 25.9 Å². The van der Waals surface area contributed by atoms with Crippen molar-refractivity contribution < 1.29 is 4.39 Å². The number of nitrogen functional groups attached to an aromatic ring is 1. The fraction of sp³-hybridized carbons (Fsp3) is 0.167. The molecule has 4 nitrogen and oxygen atoms in total. The summed E-state index contributed by atoms with van der Waals surface area (Å²) in [6, 6.07) is 3.08. The summed E-state index contributed by atoms with van der Waals surface area (Å²) in [5.41, 5.74) is 7.26. The number of hydrogen-bond donors (Lipinski definition) is 1. The van der Waals surface area contributed by atoms with Gasteiger partial charge in [-0.15, -0.1) is 11.3 Å². The first-order chi connectivity index (χ1) is 9.04. The van der Waals surface area contributed by atoms with Gasteiger partial charge in [-0.3, -0.25) is 0 Å². The predicted octanol–water partition coefficient (Wildman–Crippen LogP) is 3.33. The molecule has 19 heavy (non-hydrogen) atoms. The smallest absolute Gasteiger partial charge is 0.201 e. The van der Waals surface area contributed by atoms with Gasteiger partial charge < -0.3 is 10.3 Å². The Kier molecular flexibility index (Phi) is 3.02. The van der Waals surface area contributed by atoms with Crippen LogP contribution < -0.4 is 5.73 Å². The van der Waals surface area contributed by atoms with Crippen molar-refractivity contribution in [3.8, 4) is 0 Å². The van der Waals surface area contributed by atoms with Crippen LogP contribution in [0.5, 0.6) is 0 Å². The second-order valence-corrected chi connectivity index (χ2v) is 6.33. The Bertz CT molecular complexity index is 765. The van der Waals surface area contributed by atoms with Gasteiger partial charge in [-0.05, 0) is 28.9 Å². The van der Waals surface area contributed by atoms with Gasteiger partial charge in [0.1, 0.15) is 5.82 Å². The minimum atomic E-state index is -0.342. The van der Waals surface area contributed by atoms with Crippen molar-refractivity contribution in [3.05, 3.63) is 38.5 Å². The molecule has 0 saturated heterocycles. The number of benzene rings is 1. The van der Waals surface area contributed by atoms with Crippen molar-refractivity contribution in [1.82, 2.24) is 14.5 Å². The van der Waals surface area contributed by atoms with Crippen molar-refractivity contribution in [3.63, 3.8) is 0 Å². The third-order valence-electron chi connectivity index (χ3n) is 2.80. The molecule has 0 bridgehead atoms. The Morgan fingerprint density at radius 2 is 2.26 bits per heavy atom. The van der Waals surface area contributed by atoms with Crippen LogP contribution in [-0.4, -0.2) is 14.5 Å². The summed E-state index contributed by atoms with van der Waals surface area (Å²) < 4.78 is 15.7. The van der Waals surface area contributed by atoms with Crippen LogP contribution in [0.1, 0.15) is 9.88 Å². The van der Waals surface area contributed by atoms with Gasteiger partial charge in [0.2, 0.25) is 5.95 Å². The first-order valence-corrected chi connectivity index (χ1v) is 7.17. The van der Waals surface area contributed by atoms with Crippen LogP contribution in [0.4, 0.5) is 10.3 Å². The molecule has 2 N–H and O–H groups in total. The van der Waals surface area contributed by atoms with Gasteiger partial charge in [0.05, 0.1) is 27.1 Å². The van der Waals surface area contributed by atoms with Crippen LogP contribution in [0.15, 0.2) is 22.8 Å². The number of aryl methyl sites for hydroxylation is 1. The second-order valence-electron chi connectivity index (χ2n) is 4.16. The van der Waals surface area contributed by atoms with E-state index in [1.807, 2.05) is 17.7 Å². The van der Waals surface area contributed by atoms with Gasteiger partial charge in [-0.1, -0.05) is 0 Å². The molecule has 0 atom stereocenters. The standard InChI is InChI=1S/C12H10BrFN4S/c1-6-16-4-7(19-6)5-18-11-2-8(13)9(14)3-10(11)17-12(18)15/h2-4H,5H2,1H3,(H2,15,17). The molecule has 0 fully saturated rings. The minimum Gasteiger partial charge on any atom is -0.369 e. The average Bonchev–Trinajstić information content (AvgIpc) is 2.87. The topological polar surface area (TPSA) is 56.7 Å². The van der Waals surface area contributed by atoms with Crippen molar-refractivity contribution in [2.45, 2.75) is 13.5 Å². The number of thiazole rings is 1. The third kappa shape index (κ3) is 2.23. The van der Waals surface area contributed by atoms with E-state index in [9.17, 15) is 4.39 Å². The molecule has 0 spiro atoms. The van der Waals surface area contributed by atoms with E-state index in [4.69, 9.17) is 5.73 Å². The molecule has 98 valence electrons. The Hall–Kier alpha value is -1.47. The normalized spacial score (nSPS) is 11.3. The van der Waals surface area contributed by atoms with Crippen LogP contribution in [0.25, 0.3) is 11.0 Å². The Morgan fingerprint density at radius 3 is 2.95 bits per heavy atom. The Balaban J connectivity index is 2.12. The highest BCUT2D eigenvalue weighted by atomic mass is 79.9. The van der Waals surface area contributed by atoms with Crippen LogP contribution in [0.2, 0.25) is 0 Å². The van der Waals surface area contributed by atoms with Gasteiger partial charge in [-0.25, -0.2) is 14.4 Å². The highest BCUT2D eigenvalue weighted by Gasteiger charge is 2.12. The summed E-state index contributed by atoms with van der Waals surface area (Å²) >= 11 is 4.79. The molecule has 0 aliphatic rings. The molecule has 3 aromatic rings. The minimum absolute atomic E-state index is 0.342. The third-order valence-corrected chi connectivity index (χ3v) is 4.31. The summed E-state index contributed by atoms with van der Waals surface area (Å²) in [6.45, 7) is 2.54. The molecule has 0 amide bonds. The maximum Gasteiger partial charge on any atom is 0.201 e. The number of nitrogens with two attached hydrogens (primary N) is 1. The van der Waals surface area contributed by atoms with Gasteiger partial charge >= 0.3 is 0 Å². The van der Waals surface area contributed by atoms with Gasteiger partial charge in [-0.2, -0.15) is 0 Å². The first-order valence-electron chi connectivity index (χ1n) is 5.56. The zero-order valence-electron chi connectivity index (χ0n) is 10.0.